The summed E-state index contributed by atoms with van der Waals surface area (Å²) >= 11 is 0. The fourth-order valence-corrected chi connectivity index (χ4v) is 3.41. The highest BCUT2D eigenvalue weighted by atomic mass is 32.2. The zero-order valence-corrected chi connectivity index (χ0v) is 17.6. The van der Waals surface area contributed by atoms with Crippen LogP contribution in [0.5, 0.6) is 0 Å². The van der Waals surface area contributed by atoms with Gasteiger partial charge in [0.1, 0.15) is 11.9 Å². The summed E-state index contributed by atoms with van der Waals surface area (Å²) < 4.78 is 25.1. The van der Waals surface area contributed by atoms with Crippen LogP contribution in [0.25, 0.3) is 0 Å². The molecule has 0 aromatic heterocycles. The Kier molecular flexibility index (Phi) is 7.29. The van der Waals surface area contributed by atoms with Gasteiger partial charge < -0.3 is 16.4 Å². The highest BCUT2D eigenvalue weighted by Crippen LogP contribution is 2.20. The average Bonchev–Trinajstić information content (AvgIpc) is 3.15. The van der Waals surface area contributed by atoms with Crippen molar-refractivity contribution in [3.63, 3.8) is 0 Å². The number of hydrogen-bond donors (Lipinski definition) is 4. The van der Waals surface area contributed by atoms with Crippen LogP contribution in [-0.4, -0.2) is 55.5 Å². The molecule has 0 radical (unpaired) electrons. The maximum atomic E-state index is 12.6. The number of rotatable bonds is 6. The highest BCUT2D eigenvalue weighted by Gasteiger charge is 2.37. The SMILES string of the molecule is CC(C)[C@@H](N)C(=O)N1CCC[C@H]1C(=O)NC(=O)c1ccc(C(N)=NS(N)(=O)=O)cc1. The summed E-state index contributed by atoms with van der Waals surface area (Å²) in [6.45, 7) is 4.05. The van der Waals surface area contributed by atoms with Crippen LogP contribution in [0, 0.1) is 5.92 Å². The van der Waals surface area contributed by atoms with Gasteiger partial charge in [0, 0.05) is 17.7 Å². The van der Waals surface area contributed by atoms with Gasteiger partial charge in [0.15, 0.2) is 0 Å². The Labute approximate surface area is 174 Å². The van der Waals surface area contributed by atoms with Gasteiger partial charge >= 0.3 is 10.2 Å². The molecule has 0 saturated carbocycles. The third kappa shape index (κ3) is 5.84. The van der Waals surface area contributed by atoms with Crippen molar-refractivity contribution in [3.8, 4) is 0 Å². The van der Waals surface area contributed by atoms with Crippen molar-refractivity contribution in [2.75, 3.05) is 6.54 Å². The lowest BCUT2D eigenvalue weighted by Crippen LogP contribution is -2.53. The first-order chi connectivity index (χ1) is 13.9. The van der Waals surface area contributed by atoms with E-state index in [9.17, 15) is 22.8 Å². The van der Waals surface area contributed by atoms with Gasteiger partial charge in [-0.1, -0.05) is 26.0 Å². The van der Waals surface area contributed by atoms with E-state index in [0.29, 0.717) is 19.4 Å². The quantitative estimate of drug-likeness (QED) is 0.244. The third-order valence-electron chi connectivity index (χ3n) is 4.75. The molecule has 3 amide bonds. The first kappa shape index (κ1) is 23.4. The normalized spacial score (nSPS) is 18.4. The van der Waals surface area contributed by atoms with Crippen LogP contribution in [0.2, 0.25) is 0 Å². The van der Waals surface area contributed by atoms with Gasteiger partial charge in [-0.3, -0.25) is 19.7 Å². The maximum absolute atomic E-state index is 12.6. The second-order valence-corrected chi connectivity index (χ2v) is 8.56. The van der Waals surface area contributed by atoms with Gasteiger partial charge in [0.2, 0.25) is 11.8 Å². The van der Waals surface area contributed by atoms with Crippen molar-refractivity contribution in [1.29, 1.82) is 0 Å². The third-order valence-corrected chi connectivity index (χ3v) is 5.20. The topological polar surface area (TPSA) is 191 Å². The predicted octanol–water partition coefficient (Wildman–Crippen LogP) is -1.17. The summed E-state index contributed by atoms with van der Waals surface area (Å²) in [7, 11) is -4.15. The molecule has 1 aliphatic rings. The van der Waals surface area contributed by atoms with Crippen LogP contribution in [0.3, 0.4) is 0 Å². The number of hydrogen-bond acceptors (Lipinski definition) is 6. The number of carbonyl (C=O) groups excluding carboxylic acids is 3. The maximum Gasteiger partial charge on any atom is 0.319 e. The number of nitrogens with one attached hydrogen (secondary N) is 1. The minimum Gasteiger partial charge on any atom is -0.382 e. The summed E-state index contributed by atoms with van der Waals surface area (Å²) in [4.78, 5) is 38.9. The first-order valence-electron chi connectivity index (χ1n) is 9.30. The Morgan fingerprint density at radius 3 is 2.27 bits per heavy atom. The molecule has 0 unspecified atom stereocenters. The summed E-state index contributed by atoms with van der Waals surface area (Å²) in [6.07, 6.45) is 1.08. The molecule has 1 aromatic carbocycles. The predicted molar refractivity (Wildman–Crippen MR) is 110 cm³/mol. The molecule has 164 valence electrons. The highest BCUT2D eigenvalue weighted by molar-refractivity contribution is 7.88. The minimum atomic E-state index is -4.15. The number of imide groups is 1. The molecule has 7 N–H and O–H groups in total. The van der Waals surface area contributed by atoms with E-state index in [1.165, 1.54) is 29.2 Å². The van der Waals surface area contributed by atoms with E-state index in [-0.39, 0.29) is 28.8 Å². The number of benzene rings is 1. The number of likely N-dealkylation sites (tertiary alicyclic amines) is 1. The first-order valence-corrected chi connectivity index (χ1v) is 10.8. The van der Waals surface area contributed by atoms with Crippen LogP contribution in [0.1, 0.15) is 42.6 Å². The van der Waals surface area contributed by atoms with Crippen molar-refractivity contribution >= 4 is 33.8 Å². The van der Waals surface area contributed by atoms with Gasteiger partial charge in [-0.15, -0.1) is 4.40 Å². The number of amidine groups is 1. The molecule has 12 heteroatoms. The van der Waals surface area contributed by atoms with E-state index in [1.807, 2.05) is 13.8 Å². The zero-order chi connectivity index (χ0) is 22.6. The zero-order valence-electron chi connectivity index (χ0n) is 16.7. The number of amides is 3. The van der Waals surface area contributed by atoms with Crippen LogP contribution in [0.4, 0.5) is 0 Å². The summed E-state index contributed by atoms with van der Waals surface area (Å²) in [5, 5.41) is 7.09. The van der Waals surface area contributed by atoms with Crippen molar-refractivity contribution in [2.45, 2.75) is 38.8 Å². The van der Waals surface area contributed by atoms with Gasteiger partial charge in [-0.2, -0.15) is 8.42 Å². The smallest absolute Gasteiger partial charge is 0.319 e. The van der Waals surface area contributed by atoms with Gasteiger partial charge in [-0.25, -0.2) is 5.14 Å². The van der Waals surface area contributed by atoms with Crippen LogP contribution in [0.15, 0.2) is 28.7 Å². The lowest BCUT2D eigenvalue weighted by Gasteiger charge is -2.27. The van der Waals surface area contributed by atoms with Gasteiger partial charge in [0.05, 0.1) is 6.04 Å². The van der Waals surface area contributed by atoms with Crippen LogP contribution < -0.4 is 21.9 Å². The lowest BCUT2D eigenvalue weighted by molar-refractivity contribution is -0.139. The van der Waals surface area contributed by atoms with E-state index in [1.54, 1.807) is 0 Å². The van der Waals surface area contributed by atoms with Gasteiger partial charge in [-0.05, 0) is 30.9 Å². The number of nitrogens with zero attached hydrogens (tertiary/aromatic N) is 2. The Morgan fingerprint density at radius 1 is 1.17 bits per heavy atom. The van der Waals surface area contributed by atoms with E-state index >= 15 is 0 Å². The van der Waals surface area contributed by atoms with Crippen LogP contribution in [-0.2, 0) is 19.8 Å². The molecular weight excluding hydrogens is 412 g/mol. The largest absolute Gasteiger partial charge is 0.382 e. The molecule has 0 spiro atoms. The second kappa shape index (κ2) is 9.32. The summed E-state index contributed by atoms with van der Waals surface area (Å²) in [5.74, 6) is -1.97. The molecule has 1 heterocycles. The monoisotopic (exact) mass is 438 g/mol. The Balaban J connectivity index is 2.07. The van der Waals surface area contributed by atoms with E-state index in [4.69, 9.17) is 16.6 Å². The van der Waals surface area contributed by atoms with E-state index in [0.717, 1.165) is 0 Å². The van der Waals surface area contributed by atoms with Crippen molar-refractivity contribution < 1.29 is 22.8 Å². The fourth-order valence-electron chi connectivity index (χ4n) is 3.03. The molecule has 1 aromatic rings. The van der Waals surface area contributed by atoms with Gasteiger partial charge in [0.25, 0.3) is 5.91 Å². The molecule has 11 nitrogen and oxygen atoms in total. The van der Waals surface area contributed by atoms with E-state index in [2.05, 4.69) is 9.71 Å². The lowest BCUT2D eigenvalue weighted by atomic mass is 10.0. The van der Waals surface area contributed by atoms with Crippen molar-refractivity contribution in [1.82, 2.24) is 10.2 Å². The van der Waals surface area contributed by atoms with Crippen LogP contribution >= 0.6 is 0 Å². The Morgan fingerprint density at radius 2 is 1.73 bits per heavy atom. The molecule has 2 rings (SSSR count). The molecule has 30 heavy (non-hydrogen) atoms. The van der Waals surface area contributed by atoms with E-state index < -0.39 is 34.1 Å². The number of nitrogens with two attached hydrogens (primary N) is 3. The summed E-state index contributed by atoms with van der Waals surface area (Å²) in [5.41, 5.74) is 11.8. The fraction of sp³-hybridized carbons (Fsp3) is 0.444. The minimum absolute atomic E-state index is 0.0767. The molecule has 1 saturated heterocycles. The molecule has 1 fully saturated rings. The van der Waals surface area contributed by atoms with Crippen molar-refractivity contribution in [3.05, 3.63) is 35.4 Å². The standard InChI is InChI=1S/C18H26N6O5S/c1-10(2)14(19)18(27)24-9-3-4-13(24)17(26)22-16(25)12-7-5-11(6-8-12)15(20)23-30(21,28)29/h5-8,10,13-14H,3-4,9,19H2,1-2H3,(H2,20,23)(H2,21,28,29)(H,22,25,26)/t13-,14+/m0/s1. The molecular formula is C18H26N6O5S. The molecule has 0 aliphatic carbocycles. The average molecular weight is 439 g/mol. The summed E-state index contributed by atoms with van der Waals surface area (Å²) in [6, 6.07) is 3.98. The Hall–Kier alpha value is -2.83. The van der Waals surface area contributed by atoms with Crippen molar-refractivity contribution in [2.24, 2.45) is 26.9 Å². The molecule has 0 bridgehead atoms. The molecule has 2 atom stereocenters. The number of carbonyl (C=O) groups is 3. The molecule has 1 aliphatic heterocycles. The Bertz CT molecular complexity index is 958. The second-order valence-electron chi connectivity index (χ2n) is 7.35.